The molecule has 0 spiro atoms. The standard InChI is InChI=1S/C12H14N4O5S/c1-15(8-9-6-13-14-7-9)22(19,20)10-3-4-12(21-2)11(5-10)16(17)18/h3-7H,8H2,1-2H3,(H,13,14). The Morgan fingerprint density at radius 3 is 2.73 bits per heavy atom. The van der Waals surface area contributed by atoms with Gasteiger partial charge in [0.1, 0.15) is 0 Å². The summed E-state index contributed by atoms with van der Waals surface area (Å²) in [5.74, 6) is 0.00133. The van der Waals surface area contributed by atoms with E-state index in [1.807, 2.05) is 0 Å². The molecule has 0 aliphatic carbocycles. The molecule has 2 aromatic rings. The second-order valence-corrected chi connectivity index (χ2v) is 6.50. The molecular formula is C12H14N4O5S. The van der Waals surface area contributed by atoms with Crippen molar-refractivity contribution < 1.29 is 18.1 Å². The van der Waals surface area contributed by atoms with Gasteiger partial charge in [0, 0.05) is 31.4 Å². The van der Waals surface area contributed by atoms with Crippen molar-refractivity contribution in [2.45, 2.75) is 11.4 Å². The first-order chi connectivity index (χ1) is 10.4. The van der Waals surface area contributed by atoms with Gasteiger partial charge < -0.3 is 4.74 Å². The fourth-order valence-corrected chi connectivity index (χ4v) is 3.04. The molecule has 9 nitrogen and oxygen atoms in total. The first-order valence-corrected chi connectivity index (χ1v) is 7.56. The summed E-state index contributed by atoms with van der Waals surface area (Å²) in [6.07, 6.45) is 3.07. The molecule has 0 fully saturated rings. The molecule has 0 aliphatic rings. The van der Waals surface area contributed by atoms with Crippen LogP contribution in [0.3, 0.4) is 0 Å². The summed E-state index contributed by atoms with van der Waals surface area (Å²) in [6.45, 7) is 0.0959. The van der Waals surface area contributed by atoms with Gasteiger partial charge in [0.15, 0.2) is 5.75 Å². The maximum absolute atomic E-state index is 12.5. The zero-order valence-electron chi connectivity index (χ0n) is 11.9. The number of rotatable bonds is 6. The van der Waals surface area contributed by atoms with E-state index in [1.54, 1.807) is 6.20 Å². The fraction of sp³-hybridized carbons (Fsp3) is 0.250. The normalized spacial score (nSPS) is 11.6. The van der Waals surface area contributed by atoms with Crippen LogP contribution in [0, 0.1) is 10.1 Å². The Bertz CT molecular complexity index is 773. The predicted molar refractivity (Wildman–Crippen MR) is 76.9 cm³/mol. The number of nitrogens with zero attached hydrogens (tertiary/aromatic N) is 3. The number of hydrogen-bond donors (Lipinski definition) is 1. The molecule has 1 heterocycles. The lowest BCUT2D eigenvalue weighted by Gasteiger charge is -2.16. The van der Waals surface area contributed by atoms with Gasteiger partial charge in [-0.1, -0.05) is 0 Å². The number of H-pyrrole nitrogens is 1. The van der Waals surface area contributed by atoms with Crippen LogP contribution >= 0.6 is 0 Å². The van der Waals surface area contributed by atoms with Crippen molar-refractivity contribution in [3.8, 4) is 5.75 Å². The minimum Gasteiger partial charge on any atom is -0.490 e. The van der Waals surface area contributed by atoms with Gasteiger partial charge in [-0.3, -0.25) is 15.2 Å². The average molecular weight is 326 g/mol. The van der Waals surface area contributed by atoms with Crippen LogP contribution in [-0.4, -0.2) is 42.0 Å². The van der Waals surface area contributed by atoms with Crippen LogP contribution in [0.5, 0.6) is 5.75 Å². The highest BCUT2D eigenvalue weighted by Gasteiger charge is 2.25. The summed E-state index contributed by atoms with van der Waals surface area (Å²) in [5.41, 5.74) is 0.273. The van der Waals surface area contributed by atoms with Crippen LogP contribution in [0.4, 0.5) is 5.69 Å². The van der Waals surface area contributed by atoms with Crippen molar-refractivity contribution in [1.82, 2.24) is 14.5 Å². The zero-order chi connectivity index (χ0) is 16.3. The Hall–Kier alpha value is -2.46. The van der Waals surface area contributed by atoms with Gasteiger partial charge in [-0.25, -0.2) is 8.42 Å². The van der Waals surface area contributed by atoms with E-state index >= 15 is 0 Å². The number of benzene rings is 1. The van der Waals surface area contributed by atoms with Gasteiger partial charge in [-0.15, -0.1) is 0 Å². The lowest BCUT2D eigenvalue weighted by molar-refractivity contribution is -0.386. The molecule has 10 heteroatoms. The maximum Gasteiger partial charge on any atom is 0.312 e. The molecule has 0 amide bonds. The minimum absolute atomic E-state index is 0.00133. The van der Waals surface area contributed by atoms with Crippen LogP contribution < -0.4 is 4.74 Å². The molecule has 1 aromatic carbocycles. The maximum atomic E-state index is 12.5. The SMILES string of the molecule is COc1ccc(S(=O)(=O)N(C)Cc2cn[nH]c2)cc1[N+](=O)[O-]. The summed E-state index contributed by atoms with van der Waals surface area (Å²) in [5, 5.41) is 17.3. The van der Waals surface area contributed by atoms with E-state index in [2.05, 4.69) is 10.2 Å². The van der Waals surface area contributed by atoms with E-state index in [-0.39, 0.29) is 17.2 Å². The lowest BCUT2D eigenvalue weighted by atomic mass is 10.3. The highest BCUT2D eigenvalue weighted by molar-refractivity contribution is 7.89. The third kappa shape index (κ3) is 3.07. The van der Waals surface area contributed by atoms with Crippen LogP contribution in [0.2, 0.25) is 0 Å². The molecular weight excluding hydrogens is 312 g/mol. The van der Waals surface area contributed by atoms with Gasteiger partial charge in [0.25, 0.3) is 0 Å². The van der Waals surface area contributed by atoms with E-state index < -0.39 is 20.6 Å². The molecule has 0 saturated heterocycles. The van der Waals surface area contributed by atoms with E-state index in [4.69, 9.17) is 4.74 Å². The van der Waals surface area contributed by atoms with Gasteiger partial charge in [0.05, 0.1) is 23.1 Å². The highest BCUT2D eigenvalue weighted by Crippen LogP contribution is 2.30. The molecule has 0 bridgehead atoms. The van der Waals surface area contributed by atoms with Gasteiger partial charge in [-0.05, 0) is 12.1 Å². The van der Waals surface area contributed by atoms with Gasteiger partial charge >= 0.3 is 5.69 Å². The van der Waals surface area contributed by atoms with Crippen LogP contribution in [0.15, 0.2) is 35.5 Å². The molecule has 0 unspecified atom stereocenters. The number of nitrogens with one attached hydrogen (secondary N) is 1. The topological polar surface area (TPSA) is 118 Å². The van der Waals surface area contributed by atoms with Crippen molar-refractivity contribution in [3.05, 3.63) is 46.3 Å². The Morgan fingerprint density at radius 1 is 1.45 bits per heavy atom. The van der Waals surface area contributed by atoms with E-state index in [0.717, 1.165) is 10.4 Å². The molecule has 0 aliphatic heterocycles. The number of nitro benzene ring substituents is 1. The number of methoxy groups -OCH3 is 1. The van der Waals surface area contributed by atoms with Gasteiger partial charge in [-0.2, -0.15) is 9.40 Å². The Kier molecular flexibility index (Phi) is 4.43. The van der Waals surface area contributed by atoms with Crippen LogP contribution in [0.1, 0.15) is 5.56 Å². The molecule has 1 aromatic heterocycles. The Labute approximate surface area is 126 Å². The second kappa shape index (κ2) is 6.12. The van der Waals surface area contributed by atoms with E-state index in [0.29, 0.717) is 5.56 Å². The number of nitro groups is 1. The van der Waals surface area contributed by atoms with Crippen molar-refractivity contribution in [2.75, 3.05) is 14.2 Å². The lowest BCUT2D eigenvalue weighted by Crippen LogP contribution is -2.26. The molecule has 0 saturated carbocycles. The highest BCUT2D eigenvalue weighted by atomic mass is 32.2. The summed E-state index contributed by atoms with van der Waals surface area (Å²) < 4.78 is 30.9. The smallest absolute Gasteiger partial charge is 0.312 e. The molecule has 2 rings (SSSR count). The molecule has 0 atom stereocenters. The monoisotopic (exact) mass is 326 g/mol. The summed E-state index contributed by atoms with van der Waals surface area (Å²) >= 11 is 0. The van der Waals surface area contributed by atoms with E-state index in [1.165, 1.54) is 32.5 Å². The third-order valence-electron chi connectivity index (χ3n) is 3.02. The molecule has 118 valence electrons. The van der Waals surface area contributed by atoms with Crippen LogP contribution in [0.25, 0.3) is 0 Å². The minimum atomic E-state index is -3.86. The Morgan fingerprint density at radius 2 is 2.18 bits per heavy atom. The third-order valence-corrected chi connectivity index (χ3v) is 4.81. The molecule has 1 N–H and O–H groups in total. The molecule has 22 heavy (non-hydrogen) atoms. The predicted octanol–water partition coefficient (Wildman–Crippen LogP) is 1.15. The summed E-state index contributed by atoms with van der Waals surface area (Å²) in [7, 11) is -1.20. The number of aromatic nitrogens is 2. The first-order valence-electron chi connectivity index (χ1n) is 6.12. The fourth-order valence-electron chi connectivity index (χ4n) is 1.86. The zero-order valence-corrected chi connectivity index (χ0v) is 12.7. The number of ether oxygens (including phenoxy) is 1. The molecule has 0 radical (unpaired) electrons. The van der Waals surface area contributed by atoms with E-state index in [9.17, 15) is 18.5 Å². The summed E-state index contributed by atoms with van der Waals surface area (Å²) in [4.78, 5) is 10.1. The second-order valence-electron chi connectivity index (χ2n) is 4.46. The quantitative estimate of drug-likeness (QED) is 0.628. The van der Waals surface area contributed by atoms with Crippen molar-refractivity contribution in [2.24, 2.45) is 0 Å². The number of aromatic amines is 1. The number of hydrogen-bond acceptors (Lipinski definition) is 6. The average Bonchev–Trinajstić information content (AvgIpc) is 2.99. The van der Waals surface area contributed by atoms with Crippen LogP contribution in [-0.2, 0) is 16.6 Å². The Balaban J connectivity index is 2.36. The van der Waals surface area contributed by atoms with Crippen molar-refractivity contribution in [1.29, 1.82) is 0 Å². The van der Waals surface area contributed by atoms with Gasteiger partial charge in [0.2, 0.25) is 10.0 Å². The number of sulfonamides is 1. The first kappa shape index (κ1) is 15.9. The largest absolute Gasteiger partial charge is 0.490 e. The van der Waals surface area contributed by atoms with Crippen molar-refractivity contribution >= 4 is 15.7 Å². The van der Waals surface area contributed by atoms with Crippen molar-refractivity contribution in [3.63, 3.8) is 0 Å². The summed E-state index contributed by atoms with van der Waals surface area (Å²) in [6, 6.07) is 3.52.